The lowest BCUT2D eigenvalue weighted by atomic mass is 10.2. The lowest BCUT2D eigenvalue weighted by Crippen LogP contribution is -2.51. The number of fused-ring (bicyclic) bond motifs is 1. The fraction of sp³-hybridized carbons (Fsp3) is 0.562. The molecule has 0 saturated carbocycles. The van der Waals surface area contributed by atoms with E-state index in [0.717, 1.165) is 41.8 Å². The number of benzene rings is 1. The van der Waals surface area contributed by atoms with E-state index in [1.54, 1.807) is 11.8 Å². The van der Waals surface area contributed by atoms with Gasteiger partial charge in [-0.15, -0.1) is 24.2 Å². The van der Waals surface area contributed by atoms with Crippen molar-refractivity contribution < 1.29 is 14.3 Å². The number of hydrogen-bond donors (Lipinski definition) is 1. The standard InChI is InChI=1S/C16H22N2O3S.ClH/c1-12-11-18(6-5-17-12)16(19)4-9-22-13-2-3-14-15(10-13)21-8-7-20-14;/h2-3,10,12,17H,4-9,11H2,1H3;1H. The lowest BCUT2D eigenvalue weighted by molar-refractivity contribution is -0.131. The number of piperazine rings is 1. The predicted molar refractivity (Wildman–Crippen MR) is 94.1 cm³/mol. The molecule has 3 rings (SSSR count). The number of rotatable bonds is 4. The maximum Gasteiger partial charge on any atom is 0.223 e. The molecule has 1 fully saturated rings. The Labute approximate surface area is 147 Å². The van der Waals surface area contributed by atoms with Gasteiger partial charge < -0.3 is 19.7 Å². The van der Waals surface area contributed by atoms with Crippen LogP contribution in [0.2, 0.25) is 0 Å². The summed E-state index contributed by atoms with van der Waals surface area (Å²) >= 11 is 1.69. The van der Waals surface area contributed by atoms with Crippen LogP contribution < -0.4 is 14.8 Å². The number of halogens is 1. The van der Waals surface area contributed by atoms with E-state index >= 15 is 0 Å². The summed E-state index contributed by atoms with van der Waals surface area (Å²) in [7, 11) is 0. The Bertz CT molecular complexity index is 544. The van der Waals surface area contributed by atoms with E-state index in [1.165, 1.54) is 0 Å². The molecular formula is C16H23ClN2O3S. The van der Waals surface area contributed by atoms with Crippen LogP contribution in [0.15, 0.2) is 23.1 Å². The van der Waals surface area contributed by atoms with Gasteiger partial charge in [0.1, 0.15) is 13.2 Å². The summed E-state index contributed by atoms with van der Waals surface area (Å²) in [6, 6.07) is 6.35. The minimum atomic E-state index is 0. The van der Waals surface area contributed by atoms with Crippen LogP contribution >= 0.6 is 24.2 Å². The lowest BCUT2D eigenvalue weighted by Gasteiger charge is -2.32. The Morgan fingerprint density at radius 2 is 2.13 bits per heavy atom. The molecule has 1 atom stereocenters. The van der Waals surface area contributed by atoms with Crippen molar-refractivity contribution in [1.29, 1.82) is 0 Å². The first-order chi connectivity index (χ1) is 10.7. The van der Waals surface area contributed by atoms with Gasteiger partial charge in [0, 0.05) is 42.7 Å². The van der Waals surface area contributed by atoms with E-state index in [0.29, 0.717) is 25.7 Å². The molecule has 1 aromatic carbocycles. The third-order valence-electron chi connectivity index (χ3n) is 3.82. The number of thioether (sulfide) groups is 1. The van der Waals surface area contributed by atoms with Gasteiger partial charge in [0.25, 0.3) is 0 Å². The van der Waals surface area contributed by atoms with Crippen molar-refractivity contribution in [2.75, 3.05) is 38.6 Å². The molecule has 1 saturated heterocycles. The van der Waals surface area contributed by atoms with Crippen LogP contribution in [0.4, 0.5) is 0 Å². The van der Waals surface area contributed by atoms with Crippen molar-refractivity contribution in [3.05, 3.63) is 18.2 Å². The molecule has 5 nitrogen and oxygen atoms in total. The average Bonchev–Trinajstić information content (AvgIpc) is 2.54. The molecule has 1 unspecified atom stereocenters. The molecule has 0 aliphatic carbocycles. The van der Waals surface area contributed by atoms with Crippen molar-refractivity contribution in [1.82, 2.24) is 10.2 Å². The largest absolute Gasteiger partial charge is 0.486 e. The van der Waals surface area contributed by atoms with Gasteiger partial charge in [0.05, 0.1) is 0 Å². The predicted octanol–water partition coefficient (Wildman–Crippen LogP) is 2.18. The van der Waals surface area contributed by atoms with Crippen LogP contribution in [0, 0.1) is 0 Å². The van der Waals surface area contributed by atoms with Gasteiger partial charge in [0.15, 0.2) is 11.5 Å². The summed E-state index contributed by atoms with van der Waals surface area (Å²) in [5.41, 5.74) is 0. The molecule has 1 amide bonds. The van der Waals surface area contributed by atoms with Gasteiger partial charge in [-0.2, -0.15) is 0 Å². The maximum absolute atomic E-state index is 12.2. The first-order valence-corrected chi connectivity index (χ1v) is 8.74. The van der Waals surface area contributed by atoms with Crippen molar-refractivity contribution in [2.24, 2.45) is 0 Å². The Kier molecular flexibility index (Phi) is 6.87. The van der Waals surface area contributed by atoms with E-state index in [9.17, 15) is 4.79 Å². The van der Waals surface area contributed by atoms with E-state index in [1.807, 2.05) is 23.1 Å². The molecule has 0 spiro atoms. The molecule has 23 heavy (non-hydrogen) atoms. The van der Waals surface area contributed by atoms with E-state index < -0.39 is 0 Å². The number of carbonyl (C=O) groups excluding carboxylic acids is 1. The van der Waals surface area contributed by atoms with Crippen LogP contribution in [-0.4, -0.2) is 55.4 Å². The van der Waals surface area contributed by atoms with E-state index in [-0.39, 0.29) is 18.3 Å². The first-order valence-electron chi connectivity index (χ1n) is 7.76. The highest BCUT2D eigenvalue weighted by Crippen LogP contribution is 2.34. The highest BCUT2D eigenvalue weighted by molar-refractivity contribution is 7.99. The van der Waals surface area contributed by atoms with Gasteiger partial charge in [-0.25, -0.2) is 0 Å². The fourth-order valence-electron chi connectivity index (χ4n) is 2.69. The second kappa shape index (κ2) is 8.66. The Morgan fingerprint density at radius 3 is 2.91 bits per heavy atom. The third-order valence-corrected chi connectivity index (χ3v) is 4.82. The molecule has 2 aliphatic heterocycles. The van der Waals surface area contributed by atoms with Crippen molar-refractivity contribution in [2.45, 2.75) is 24.3 Å². The fourth-order valence-corrected chi connectivity index (χ4v) is 3.55. The zero-order chi connectivity index (χ0) is 15.4. The number of nitrogens with one attached hydrogen (secondary N) is 1. The van der Waals surface area contributed by atoms with Crippen LogP contribution in [0.5, 0.6) is 11.5 Å². The van der Waals surface area contributed by atoms with Crippen molar-refractivity contribution in [3.63, 3.8) is 0 Å². The van der Waals surface area contributed by atoms with Crippen LogP contribution in [0.1, 0.15) is 13.3 Å². The van der Waals surface area contributed by atoms with Gasteiger partial charge in [0.2, 0.25) is 5.91 Å². The molecule has 2 aliphatic rings. The number of carbonyl (C=O) groups is 1. The van der Waals surface area contributed by atoms with Crippen molar-refractivity contribution in [3.8, 4) is 11.5 Å². The highest BCUT2D eigenvalue weighted by Gasteiger charge is 2.20. The quantitative estimate of drug-likeness (QED) is 0.836. The summed E-state index contributed by atoms with van der Waals surface area (Å²) in [5.74, 6) is 2.65. The molecule has 0 radical (unpaired) electrons. The number of ether oxygens (including phenoxy) is 2. The van der Waals surface area contributed by atoms with Gasteiger partial charge in [-0.1, -0.05) is 0 Å². The topological polar surface area (TPSA) is 50.8 Å². The van der Waals surface area contributed by atoms with Crippen LogP contribution in [0.3, 0.4) is 0 Å². The average molecular weight is 359 g/mol. The van der Waals surface area contributed by atoms with Gasteiger partial charge >= 0.3 is 0 Å². The summed E-state index contributed by atoms with van der Waals surface area (Å²) < 4.78 is 11.1. The SMILES string of the molecule is CC1CN(C(=O)CCSc2ccc3c(c2)OCCO3)CCN1.Cl. The minimum absolute atomic E-state index is 0. The molecule has 7 heteroatoms. The Morgan fingerprint density at radius 1 is 1.35 bits per heavy atom. The summed E-state index contributed by atoms with van der Waals surface area (Å²) in [5, 5.41) is 3.35. The van der Waals surface area contributed by atoms with Crippen LogP contribution in [0.25, 0.3) is 0 Å². The zero-order valence-electron chi connectivity index (χ0n) is 13.2. The van der Waals surface area contributed by atoms with Crippen LogP contribution in [-0.2, 0) is 4.79 Å². The monoisotopic (exact) mass is 358 g/mol. The van der Waals surface area contributed by atoms with E-state index in [4.69, 9.17) is 9.47 Å². The Hall–Kier alpha value is -1.11. The molecule has 1 aromatic rings. The third kappa shape index (κ3) is 4.93. The maximum atomic E-state index is 12.2. The molecule has 1 N–H and O–H groups in total. The summed E-state index contributed by atoms with van der Waals surface area (Å²) in [6.07, 6.45) is 0.575. The molecule has 0 bridgehead atoms. The highest BCUT2D eigenvalue weighted by atomic mass is 35.5. The Balaban J connectivity index is 0.00000192. The van der Waals surface area contributed by atoms with Crippen molar-refractivity contribution >= 4 is 30.1 Å². The molecule has 2 heterocycles. The van der Waals surface area contributed by atoms with Gasteiger partial charge in [-0.3, -0.25) is 4.79 Å². The first kappa shape index (κ1) is 18.2. The number of amides is 1. The minimum Gasteiger partial charge on any atom is -0.486 e. The second-order valence-corrected chi connectivity index (χ2v) is 6.77. The van der Waals surface area contributed by atoms with E-state index in [2.05, 4.69) is 12.2 Å². The second-order valence-electron chi connectivity index (χ2n) is 5.60. The number of nitrogens with zero attached hydrogens (tertiary/aromatic N) is 1. The summed E-state index contributed by atoms with van der Waals surface area (Å²) in [6.45, 7) is 5.84. The normalized spacial score (nSPS) is 19.9. The molecule has 0 aromatic heterocycles. The molecular weight excluding hydrogens is 336 g/mol. The smallest absolute Gasteiger partial charge is 0.223 e. The number of hydrogen-bond acceptors (Lipinski definition) is 5. The molecule has 128 valence electrons. The summed E-state index contributed by atoms with van der Waals surface area (Å²) in [4.78, 5) is 15.3. The zero-order valence-corrected chi connectivity index (χ0v) is 14.9. The van der Waals surface area contributed by atoms with Gasteiger partial charge in [-0.05, 0) is 25.1 Å².